The fourth-order valence-electron chi connectivity index (χ4n) is 2.23. The maximum atomic E-state index is 5.24. The summed E-state index contributed by atoms with van der Waals surface area (Å²) in [5.41, 5.74) is 0. The summed E-state index contributed by atoms with van der Waals surface area (Å²) in [4.78, 5) is 4.43. The molecule has 0 saturated heterocycles. The van der Waals surface area contributed by atoms with Crippen molar-refractivity contribution < 1.29 is 4.74 Å². The van der Waals surface area contributed by atoms with E-state index in [0.717, 1.165) is 29.4 Å². The van der Waals surface area contributed by atoms with Crippen LogP contribution in [0.4, 0.5) is 5.82 Å². The van der Waals surface area contributed by atoms with Gasteiger partial charge in [-0.05, 0) is 42.0 Å². The van der Waals surface area contributed by atoms with Gasteiger partial charge in [0.05, 0.1) is 7.11 Å². The predicted molar refractivity (Wildman–Crippen MR) is 74.1 cm³/mol. The first-order valence-electron chi connectivity index (χ1n) is 6.53. The van der Waals surface area contributed by atoms with Gasteiger partial charge in [-0.2, -0.15) is 0 Å². The van der Waals surface area contributed by atoms with E-state index in [1.54, 1.807) is 7.11 Å². The summed E-state index contributed by atoms with van der Waals surface area (Å²) in [5.74, 6) is 2.82. The van der Waals surface area contributed by atoms with Crippen LogP contribution < -0.4 is 10.1 Å². The van der Waals surface area contributed by atoms with Crippen molar-refractivity contribution in [2.24, 2.45) is 5.92 Å². The quantitative estimate of drug-likeness (QED) is 0.872. The standard InChI is InChI=1S/C15H18N2O/c1-18-13-4-5-14-12(10-13)7-9-17-15(14)16-8-6-11-2-3-11/h4-5,7,9-11H,2-3,6,8H2,1H3,(H,16,17). The number of ether oxygens (including phenoxy) is 1. The lowest BCUT2D eigenvalue weighted by atomic mass is 10.1. The smallest absolute Gasteiger partial charge is 0.133 e. The van der Waals surface area contributed by atoms with Crippen molar-refractivity contribution in [3.63, 3.8) is 0 Å². The zero-order chi connectivity index (χ0) is 12.4. The van der Waals surface area contributed by atoms with Crippen LogP contribution in [0.25, 0.3) is 10.8 Å². The molecule has 0 unspecified atom stereocenters. The topological polar surface area (TPSA) is 34.1 Å². The van der Waals surface area contributed by atoms with E-state index in [-0.39, 0.29) is 0 Å². The molecule has 1 aliphatic rings. The number of fused-ring (bicyclic) bond motifs is 1. The monoisotopic (exact) mass is 242 g/mol. The van der Waals surface area contributed by atoms with Gasteiger partial charge in [-0.3, -0.25) is 0 Å². The predicted octanol–water partition coefficient (Wildman–Crippen LogP) is 3.46. The van der Waals surface area contributed by atoms with Crippen molar-refractivity contribution in [2.75, 3.05) is 19.0 Å². The van der Waals surface area contributed by atoms with Gasteiger partial charge in [-0.1, -0.05) is 12.8 Å². The first-order chi connectivity index (χ1) is 8.86. The lowest BCUT2D eigenvalue weighted by molar-refractivity contribution is 0.415. The van der Waals surface area contributed by atoms with Crippen LogP contribution in [0.1, 0.15) is 19.3 Å². The van der Waals surface area contributed by atoms with Crippen LogP contribution in [-0.4, -0.2) is 18.6 Å². The number of hydrogen-bond acceptors (Lipinski definition) is 3. The molecule has 0 amide bonds. The van der Waals surface area contributed by atoms with Crippen molar-refractivity contribution in [1.82, 2.24) is 4.98 Å². The van der Waals surface area contributed by atoms with Gasteiger partial charge in [-0.25, -0.2) is 4.98 Å². The number of pyridine rings is 1. The highest BCUT2D eigenvalue weighted by Gasteiger charge is 2.20. The average molecular weight is 242 g/mol. The molecule has 0 aliphatic heterocycles. The largest absolute Gasteiger partial charge is 0.497 e. The number of methoxy groups -OCH3 is 1. The Morgan fingerprint density at radius 2 is 2.22 bits per heavy atom. The summed E-state index contributed by atoms with van der Waals surface area (Å²) in [7, 11) is 1.69. The fourth-order valence-corrected chi connectivity index (χ4v) is 2.23. The molecular weight excluding hydrogens is 224 g/mol. The maximum Gasteiger partial charge on any atom is 0.133 e. The molecule has 0 radical (unpaired) electrons. The summed E-state index contributed by atoms with van der Waals surface area (Å²) >= 11 is 0. The molecule has 0 spiro atoms. The van der Waals surface area contributed by atoms with E-state index < -0.39 is 0 Å². The first kappa shape index (κ1) is 11.3. The van der Waals surface area contributed by atoms with Gasteiger partial charge in [0.1, 0.15) is 11.6 Å². The summed E-state index contributed by atoms with van der Waals surface area (Å²) in [5, 5.41) is 5.77. The maximum absolute atomic E-state index is 5.24. The normalized spacial score (nSPS) is 14.7. The molecule has 1 aromatic heterocycles. The molecule has 3 heteroatoms. The third kappa shape index (κ3) is 2.40. The molecule has 1 aliphatic carbocycles. The Bertz CT molecular complexity index is 549. The van der Waals surface area contributed by atoms with Gasteiger partial charge in [0, 0.05) is 18.1 Å². The van der Waals surface area contributed by atoms with Gasteiger partial charge in [0.2, 0.25) is 0 Å². The lowest BCUT2D eigenvalue weighted by Gasteiger charge is -2.09. The summed E-state index contributed by atoms with van der Waals surface area (Å²) in [6, 6.07) is 8.11. The highest BCUT2D eigenvalue weighted by molar-refractivity contribution is 5.92. The second-order valence-corrected chi connectivity index (χ2v) is 4.91. The molecular formula is C15H18N2O. The van der Waals surface area contributed by atoms with E-state index in [4.69, 9.17) is 4.74 Å². The molecule has 2 aromatic rings. The van der Waals surface area contributed by atoms with Crippen LogP contribution in [0.2, 0.25) is 0 Å². The van der Waals surface area contributed by atoms with Gasteiger partial charge < -0.3 is 10.1 Å². The second kappa shape index (κ2) is 4.84. The van der Waals surface area contributed by atoms with Crippen LogP contribution >= 0.6 is 0 Å². The Balaban J connectivity index is 1.81. The number of nitrogens with zero attached hydrogens (tertiary/aromatic N) is 1. The molecule has 0 atom stereocenters. The number of aromatic nitrogens is 1. The van der Waals surface area contributed by atoms with Crippen LogP contribution in [0.5, 0.6) is 5.75 Å². The van der Waals surface area contributed by atoms with E-state index in [9.17, 15) is 0 Å². The van der Waals surface area contributed by atoms with E-state index in [2.05, 4.69) is 16.4 Å². The van der Waals surface area contributed by atoms with Gasteiger partial charge >= 0.3 is 0 Å². The third-order valence-corrected chi connectivity index (χ3v) is 3.51. The van der Waals surface area contributed by atoms with E-state index in [1.165, 1.54) is 24.6 Å². The number of rotatable bonds is 5. The minimum atomic E-state index is 0.887. The molecule has 1 N–H and O–H groups in total. The van der Waals surface area contributed by atoms with Crippen molar-refractivity contribution in [3.8, 4) is 5.75 Å². The third-order valence-electron chi connectivity index (χ3n) is 3.51. The second-order valence-electron chi connectivity index (χ2n) is 4.91. The summed E-state index contributed by atoms with van der Waals surface area (Å²) in [6.45, 7) is 1.02. The number of benzene rings is 1. The van der Waals surface area contributed by atoms with Crippen molar-refractivity contribution in [3.05, 3.63) is 30.5 Å². The molecule has 1 aromatic carbocycles. The Kier molecular flexibility index (Phi) is 3.05. The molecule has 0 bridgehead atoms. The minimum Gasteiger partial charge on any atom is -0.497 e. The van der Waals surface area contributed by atoms with Gasteiger partial charge in [0.25, 0.3) is 0 Å². The minimum absolute atomic E-state index is 0.887. The summed E-state index contributed by atoms with van der Waals surface area (Å²) in [6.07, 6.45) is 5.92. The Morgan fingerprint density at radius 3 is 3.00 bits per heavy atom. The van der Waals surface area contributed by atoms with Crippen LogP contribution in [-0.2, 0) is 0 Å². The van der Waals surface area contributed by atoms with Crippen molar-refractivity contribution in [2.45, 2.75) is 19.3 Å². The van der Waals surface area contributed by atoms with Gasteiger partial charge in [-0.15, -0.1) is 0 Å². The first-order valence-corrected chi connectivity index (χ1v) is 6.53. The van der Waals surface area contributed by atoms with Crippen LogP contribution in [0, 0.1) is 5.92 Å². The highest BCUT2D eigenvalue weighted by Crippen LogP contribution is 2.32. The summed E-state index contributed by atoms with van der Waals surface area (Å²) < 4.78 is 5.24. The Hall–Kier alpha value is -1.77. The van der Waals surface area contributed by atoms with Crippen molar-refractivity contribution >= 4 is 16.6 Å². The Labute approximate surface area is 107 Å². The zero-order valence-corrected chi connectivity index (χ0v) is 10.6. The average Bonchev–Trinajstić information content (AvgIpc) is 3.22. The molecule has 1 heterocycles. The van der Waals surface area contributed by atoms with Crippen LogP contribution in [0.15, 0.2) is 30.5 Å². The fraction of sp³-hybridized carbons (Fsp3) is 0.400. The highest BCUT2D eigenvalue weighted by atomic mass is 16.5. The van der Waals surface area contributed by atoms with E-state index in [1.807, 2.05) is 24.4 Å². The molecule has 3 rings (SSSR count). The molecule has 3 nitrogen and oxygen atoms in total. The van der Waals surface area contributed by atoms with E-state index >= 15 is 0 Å². The van der Waals surface area contributed by atoms with Crippen molar-refractivity contribution in [1.29, 1.82) is 0 Å². The zero-order valence-electron chi connectivity index (χ0n) is 10.6. The Morgan fingerprint density at radius 1 is 1.33 bits per heavy atom. The lowest BCUT2D eigenvalue weighted by Crippen LogP contribution is -2.04. The molecule has 1 fully saturated rings. The number of hydrogen-bond donors (Lipinski definition) is 1. The van der Waals surface area contributed by atoms with Gasteiger partial charge in [0.15, 0.2) is 0 Å². The molecule has 18 heavy (non-hydrogen) atoms. The number of anilines is 1. The molecule has 94 valence electrons. The van der Waals surface area contributed by atoms with Crippen LogP contribution in [0.3, 0.4) is 0 Å². The SMILES string of the molecule is COc1ccc2c(NCCC3CC3)nccc2c1. The molecule has 1 saturated carbocycles. The van der Waals surface area contributed by atoms with E-state index in [0.29, 0.717) is 0 Å². The number of nitrogens with one attached hydrogen (secondary N) is 1.